The van der Waals surface area contributed by atoms with E-state index in [1.165, 1.54) is 0 Å². The lowest BCUT2D eigenvalue weighted by molar-refractivity contribution is 0.0692. The van der Waals surface area contributed by atoms with Gasteiger partial charge in [0.1, 0.15) is 0 Å². The topological polar surface area (TPSA) is 118 Å². The number of rotatable bonds is 3. The molecular formula is C16H13Cl2NO5. The maximum absolute atomic E-state index is 10.8. The Balaban J connectivity index is 0.000000272. The van der Waals surface area contributed by atoms with Crippen LogP contribution in [0.3, 0.4) is 0 Å². The maximum atomic E-state index is 10.8. The van der Waals surface area contributed by atoms with Crippen LogP contribution < -0.4 is 5.73 Å². The Labute approximate surface area is 147 Å². The van der Waals surface area contributed by atoms with Crippen LogP contribution in [0.15, 0.2) is 36.4 Å². The SMILES string of the molecule is Cc1cc(Cl)ccc1Cl.NC(=O)c1ccc(C(=O)O)cc1C(=O)O. The molecule has 0 fully saturated rings. The quantitative estimate of drug-likeness (QED) is 0.765. The first-order valence-corrected chi connectivity index (χ1v) is 7.21. The molecule has 0 aliphatic rings. The predicted molar refractivity (Wildman–Crippen MR) is 90.1 cm³/mol. The Bertz CT molecular complexity index is 805. The Morgan fingerprint density at radius 3 is 1.96 bits per heavy atom. The molecular weight excluding hydrogens is 357 g/mol. The zero-order valence-electron chi connectivity index (χ0n) is 12.4. The number of carboxylic acids is 2. The van der Waals surface area contributed by atoms with Gasteiger partial charge in [-0.2, -0.15) is 0 Å². The molecule has 0 aromatic heterocycles. The lowest BCUT2D eigenvalue weighted by atomic mass is 10.0. The molecule has 0 heterocycles. The van der Waals surface area contributed by atoms with Gasteiger partial charge in [-0.3, -0.25) is 4.79 Å². The summed E-state index contributed by atoms with van der Waals surface area (Å²) in [5.41, 5.74) is 5.11. The van der Waals surface area contributed by atoms with Crippen LogP contribution in [0.1, 0.15) is 36.6 Å². The van der Waals surface area contributed by atoms with E-state index in [1.54, 1.807) is 12.1 Å². The first-order valence-electron chi connectivity index (χ1n) is 6.45. The van der Waals surface area contributed by atoms with Crippen molar-refractivity contribution in [2.45, 2.75) is 6.92 Å². The number of benzene rings is 2. The highest BCUT2D eigenvalue weighted by molar-refractivity contribution is 6.33. The van der Waals surface area contributed by atoms with Crippen LogP contribution in [0.4, 0.5) is 0 Å². The van der Waals surface area contributed by atoms with Crippen LogP contribution in [-0.4, -0.2) is 28.1 Å². The summed E-state index contributed by atoms with van der Waals surface area (Å²) in [5, 5.41) is 18.8. The van der Waals surface area contributed by atoms with Crippen molar-refractivity contribution in [3.63, 3.8) is 0 Å². The molecule has 0 unspecified atom stereocenters. The monoisotopic (exact) mass is 369 g/mol. The van der Waals surface area contributed by atoms with Gasteiger partial charge in [0.25, 0.3) is 0 Å². The Morgan fingerprint density at radius 2 is 1.54 bits per heavy atom. The molecule has 8 heteroatoms. The van der Waals surface area contributed by atoms with E-state index in [4.69, 9.17) is 39.1 Å². The number of aryl methyl sites for hydroxylation is 1. The minimum atomic E-state index is -1.40. The number of primary amides is 1. The average Bonchev–Trinajstić information content (AvgIpc) is 2.51. The van der Waals surface area contributed by atoms with Gasteiger partial charge in [0, 0.05) is 10.0 Å². The van der Waals surface area contributed by atoms with Crippen molar-refractivity contribution in [2.24, 2.45) is 5.73 Å². The van der Waals surface area contributed by atoms with Crippen molar-refractivity contribution in [2.75, 3.05) is 0 Å². The number of carbonyl (C=O) groups is 3. The van der Waals surface area contributed by atoms with Crippen molar-refractivity contribution in [3.8, 4) is 0 Å². The second-order valence-electron chi connectivity index (χ2n) is 4.63. The van der Waals surface area contributed by atoms with Crippen molar-refractivity contribution in [1.29, 1.82) is 0 Å². The number of aromatic carboxylic acids is 2. The van der Waals surface area contributed by atoms with E-state index in [2.05, 4.69) is 0 Å². The van der Waals surface area contributed by atoms with Gasteiger partial charge in [0.2, 0.25) is 5.91 Å². The number of carbonyl (C=O) groups excluding carboxylic acids is 1. The molecule has 2 aromatic carbocycles. The van der Waals surface area contributed by atoms with Crippen molar-refractivity contribution in [1.82, 2.24) is 0 Å². The molecule has 126 valence electrons. The summed E-state index contributed by atoms with van der Waals surface area (Å²) in [7, 11) is 0. The summed E-state index contributed by atoms with van der Waals surface area (Å²) < 4.78 is 0. The van der Waals surface area contributed by atoms with Gasteiger partial charge in [-0.15, -0.1) is 0 Å². The van der Waals surface area contributed by atoms with Gasteiger partial charge in [-0.05, 0) is 48.9 Å². The molecule has 2 rings (SSSR count). The molecule has 0 saturated carbocycles. The van der Waals surface area contributed by atoms with Crippen molar-refractivity contribution in [3.05, 3.63) is 68.7 Å². The fourth-order valence-electron chi connectivity index (χ4n) is 1.68. The van der Waals surface area contributed by atoms with E-state index in [0.29, 0.717) is 0 Å². The number of halogens is 2. The fourth-order valence-corrected chi connectivity index (χ4v) is 2.02. The standard InChI is InChI=1S/C9H7NO5.C7H6Cl2/c10-7(11)5-2-1-4(8(12)13)3-6(5)9(14)15;1-5-4-6(8)2-3-7(5)9/h1-3H,(H2,10,11)(H,12,13)(H,14,15);2-4H,1H3. The summed E-state index contributed by atoms with van der Waals surface area (Å²) in [6.07, 6.45) is 0. The second kappa shape index (κ2) is 8.33. The van der Waals surface area contributed by atoms with Gasteiger partial charge in [0.05, 0.1) is 16.7 Å². The lowest BCUT2D eigenvalue weighted by Gasteiger charge is -2.02. The van der Waals surface area contributed by atoms with Crippen LogP contribution in [0, 0.1) is 6.92 Å². The minimum Gasteiger partial charge on any atom is -0.478 e. The Morgan fingerprint density at radius 1 is 0.917 bits per heavy atom. The fraction of sp³-hybridized carbons (Fsp3) is 0.0625. The summed E-state index contributed by atoms with van der Waals surface area (Å²) in [4.78, 5) is 32.1. The highest BCUT2D eigenvalue weighted by Gasteiger charge is 2.16. The Kier molecular flexibility index (Phi) is 6.76. The van der Waals surface area contributed by atoms with Crippen LogP contribution in [0.5, 0.6) is 0 Å². The van der Waals surface area contributed by atoms with Gasteiger partial charge < -0.3 is 15.9 Å². The van der Waals surface area contributed by atoms with Crippen LogP contribution in [-0.2, 0) is 0 Å². The normalized spacial score (nSPS) is 9.62. The van der Waals surface area contributed by atoms with Crippen LogP contribution >= 0.6 is 23.2 Å². The highest BCUT2D eigenvalue weighted by atomic mass is 35.5. The van der Waals surface area contributed by atoms with E-state index in [1.807, 2.05) is 13.0 Å². The van der Waals surface area contributed by atoms with Gasteiger partial charge in [-0.1, -0.05) is 23.2 Å². The molecule has 6 nitrogen and oxygen atoms in total. The van der Waals surface area contributed by atoms with E-state index in [9.17, 15) is 14.4 Å². The number of carboxylic acid groups (broad SMARTS) is 2. The van der Waals surface area contributed by atoms with Crippen molar-refractivity contribution >= 4 is 41.0 Å². The smallest absolute Gasteiger partial charge is 0.336 e. The van der Waals surface area contributed by atoms with Gasteiger partial charge in [0.15, 0.2) is 0 Å². The Hall–Kier alpha value is -2.57. The van der Waals surface area contributed by atoms with Crippen LogP contribution in [0.2, 0.25) is 10.0 Å². The maximum Gasteiger partial charge on any atom is 0.336 e. The number of hydrogen-bond donors (Lipinski definition) is 3. The zero-order valence-corrected chi connectivity index (χ0v) is 13.9. The minimum absolute atomic E-state index is 0.211. The van der Waals surface area contributed by atoms with E-state index >= 15 is 0 Å². The molecule has 24 heavy (non-hydrogen) atoms. The molecule has 0 atom stereocenters. The third-order valence-corrected chi connectivity index (χ3v) is 3.54. The number of hydrogen-bond acceptors (Lipinski definition) is 3. The summed E-state index contributed by atoms with van der Waals surface area (Å²) >= 11 is 11.4. The zero-order chi connectivity index (χ0) is 18.4. The van der Waals surface area contributed by atoms with Crippen molar-refractivity contribution < 1.29 is 24.6 Å². The highest BCUT2D eigenvalue weighted by Crippen LogP contribution is 2.18. The van der Waals surface area contributed by atoms with Gasteiger partial charge in [-0.25, -0.2) is 9.59 Å². The molecule has 0 aliphatic carbocycles. The molecule has 1 amide bonds. The second-order valence-corrected chi connectivity index (χ2v) is 5.47. The molecule has 0 aliphatic heterocycles. The molecule has 0 spiro atoms. The summed E-state index contributed by atoms with van der Waals surface area (Å²) in [6.45, 7) is 1.92. The number of amides is 1. The number of nitrogens with two attached hydrogens (primary N) is 1. The predicted octanol–water partition coefficient (Wildman–Crippen LogP) is 3.48. The third-order valence-electron chi connectivity index (χ3n) is 2.88. The molecule has 0 bridgehead atoms. The largest absolute Gasteiger partial charge is 0.478 e. The van der Waals surface area contributed by atoms with E-state index in [-0.39, 0.29) is 11.1 Å². The van der Waals surface area contributed by atoms with Crippen LogP contribution in [0.25, 0.3) is 0 Å². The molecule has 0 radical (unpaired) electrons. The average molecular weight is 370 g/mol. The third kappa shape index (κ3) is 5.26. The molecule has 2 aromatic rings. The molecule has 0 saturated heterocycles. The first kappa shape index (κ1) is 19.5. The van der Waals surface area contributed by atoms with Gasteiger partial charge >= 0.3 is 11.9 Å². The van der Waals surface area contributed by atoms with E-state index < -0.39 is 23.4 Å². The lowest BCUT2D eigenvalue weighted by Crippen LogP contribution is -2.17. The summed E-state index contributed by atoms with van der Waals surface area (Å²) in [5.74, 6) is -3.58. The first-order chi connectivity index (χ1) is 11.1. The molecule has 4 N–H and O–H groups in total. The van der Waals surface area contributed by atoms with E-state index in [0.717, 1.165) is 33.8 Å². The summed E-state index contributed by atoms with van der Waals surface area (Å²) in [6, 6.07) is 8.49.